The minimum absolute atomic E-state index is 0.160. The summed E-state index contributed by atoms with van der Waals surface area (Å²) >= 11 is 6.19. The van der Waals surface area contributed by atoms with Crippen molar-refractivity contribution in [1.29, 1.82) is 0 Å². The number of hydrogen-bond donors (Lipinski definition) is 2. The van der Waals surface area contributed by atoms with E-state index in [2.05, 4.69) is 14.9 Å². The fourth-order valence-corrected chi connectivity index (χ4v) is 2.73. The SMILES string of the molecule is O=C(c1c[nH]c(=O)[nH]1)N1CCN(c2ccccc2Cl)CC1. The quantitative estimate of drug-likeness (QED) is 0.879. The number of benzene rings is 1. The first kappa shape index (κ1) is 13.8. The molecule has 1 saturated heterocycles. The van der Waals surface area contributed by atoms with Gasteiger partial charge >= 0.3 is 5.69 Å². The molecule has 1 aromatic carbocycles. The lowest BCUT2D eigenvalue weighted by molar-refractivity contribution is 0.0741. The number of anilines is 1. The zero-order valence-corrected chi connectivity index (χ0v) is 12.1. The van der Waals surface area contributed by atoms with Gasteiger partial charge in [0.2, 0.25) is 0 Å². The standard InChI is InChI=1S/C14H15ClN4O2/c15-10-3-1-2-4-12(10)18-5-7-19(8-6-18)13(20)11-9-16-14(21)17-11/h1-4,9H,5-8H2,(H2,16,17,21). The molecule has 6 nitrogen and oxygen atoms in total. The van der Waals surface area contributed by atoms with Crippen molar-refractivity contribution in [2.24, 2.45) is 0 Å². The van der Waals surface area contributed by atoms with Crippen LogP contribution in [0.3, 0.4) is 0 Å². The lowest BCUT2D eigenvalue weighted by Crippen LogP contribution is -2.49. The van der Waals surface area contributed by atoms with Gasteiger partial charge in [-0.15, -0.1) is 0 Å². The number of aromatic amines is 2. The van der Waals surface area contributed by atoms with Gasteiger partial charge in [0.25, 0.3) is 5.91 Å². The second kappa shape index (κ2) is 5.65. The molecule has 2 N–H and O–H groups in total. The minimum atomic E-state index is -0.368. The maximum Gasteiger partial charge on any atom is 0.323 e. The third-order valence-electron chi connectivity index (χ3n) is 3.59. The van der Waals surface area contributed by atoms with Gasteiger partial charge in [-0.25, -0.2) is 4.79 Å². The highest BCUT2D eigenvalue weighted by Gasteiger charge is 2.23. The van der Waals surface area contributed by atoms with Crippen molar-refractivity contribution in [3.05, 3.63) is 51.7 Å². The van der Waals surface area contributed by atoms with Gasteiger partial charge in [0.1, 0.15) is 5.69 Å². The van der Waals surface area contributed by atoms with Crippen LogP contribution in [0.25, 0.3) is 0 Å². The first-order valence-electron chi connectivity index (χ1n) is 6.71. The maximum absolute atomic E-state index is 12.2. The molecule has 110 valence electrons. The van der Waals surface area contributed by atoms with Gasteiger partial charge in [-0.3, -0.25) is 4.79 Å². The van der Waals surface area contributed by atoms with Crippen molar-refractivity contribution in [1.82, 2.24) is 14.9 Å². The number of rotatable bonds is 2. The van der Waals surface area contributed by atoms with Gasteiger partial charge in [0.05, 0.1) is 10.7 Å². The minimum Gasteiger partial charge on any atom is -0.367 e. The number of halogens is 1. The zero-order chi connectivity index (χ0) is 14.8. The van der Waals surface area contributed by atoms with Crippen molar-refractivity contribution in [3.63, 3.8) is 0 Å². The van der Waals surface area contributed by atoms with E-state index in [9.17, 15) is 9.59 Å². The number of carbonyl (C=O) groups is 1. The number of hydrogen-bond acceptors (Lipinski definition) is 3. The number of imidazole rings is 1. The molecule has 0 bridgehead atoms. The Morgan fingerprint density at radius 1 is 1.14 bits per heavy atom. The molecule has 0 unspecified atom stereocenters. The first-order chi connectivity index (χ1) is 10.1. The molecular weight excluding hydrogens is 292 g/mol. The molecule has 0 aliphatic carbocycles. The van der Waals surface area contributed by atoms with Gasteiger partial charge < -0.3 is 19.8 Å². The van der Waals surface area contributed by atoms with E-state index in [1.54, 1.807) is 4.90 Å². The van der Waals surface area contributed by atoms with E-state index in [0.717, 1.165) is 5.69 Å². The lowest BCUT2D eigenvalue weighted by Gasteiger charge is -2.36. The summed E-state index contributed by atoms with van der Waals surface area (Å²) in [5.41, 5.74) is 0.917. The highest BCUT2D eigenvalue weighted by atomic mass is 35.5. The van der Waals surface area contributed by atoms with Crippen LogP contribution in [-0.4, -0.2) is 47.0 Å². The molecule has 21 heavy (non-hydrogen) atoms. The van der Waals surface area contributed by atoms with E-state index in [4.69, 9.17) is 11.6 Å². The van der Waals surface area contributed by atoms with Crippen LogP contribution >= 0.6 is 11.6 Å². The summed E-state index contributed by atoms with van der Waals surface area (Å²) in [7, 11) is 0. The summed E-state index contributed by atoms with van der Waals surface area (Å²) in [6, 6.07) is 7.68. The number of carbonyl (C=O) groups excluding carboxylic acids is 1. The van der Waals surface area contributed by atoms with Gasteiger partial charge in [-0.1, -0.05) is 23.7 Å². The number of amides is 1. The van der Waals surface area contributed by atoms with E-state index >= 15 is 0 Å². The van der Waals surface area contributed by atoms with E-state index in [1.165, 1.54) is 6.20 Å². The van der Waals surface area contributed by atoms with Gasteiger partial charge in [0, 0.05) is 32.4 Å². The van der Waals surface area contributed by atoms with Crippen molar-refractivity contribution in [2.75, 3.05) is 31.1 Å². The number of nitrogens with zero attached hydrogens (tertiary/aromatic N) is 2. The Bertz CT molecular complexity index is 701. The van der Waals surface area contributed by atoms with Crippen LogP contribution in [0.4, 0.5) is 5.69 Å². The number of para-hydroxylation sites is 1. The Morgan fingerprint density at radius 2 is 1.86 bits per heavy atom. The Morgan fingerprint density at radius 3 is 2.48 bits per heavy atom. The van der Waals surface area contributed by atoms with Crippen LogP contribution in [0.15, 0.2) is 35.3 Å². The summed E-state index contributed by atoms with van der Waals surface area (Å²) in [5.74, 6) is -0.160. The number of H-pyrrole nitrogens is 2. The first-order valence-corrected chi connectivity index (χ1v) is 7.09. The van der Waals surface area contributed by atoms with Crippen molar-refractivity contribution >= 4 is 23.2 Å². The third-order valence-corrected chi connectivity index (χ3v) is 3.91. The van der Waals surface area contributed by atoms with Crippen LogP contribution < -0.4 is 10.6 Å². The molecular formula is C14H15ClN4O2. The molecule has 7 heteroatoms. The average Bonchev–Trinajstić information content (AvgIpc) is 2.94. The monoisotopic (exact) mass is 306 g/mol. The van der Waals surface area contributed by atoms with Gasteiger partial charge in [0.15, 0.2) is 0 Å². The number of nitrogens with one attached hydrogen (secondary N) is 2. The summed E-state index contributed by atoms with van der Waals surface area (Å²) in [5, 5.41) is 0.715. The number of aromatic nitrogens is 2. The Labute approximate surface area is 126 Å². The smallest absolute Gasteiger partial charge is 0.323 e. The molecule has 2 aromatic rings. The molecule has 0 spiro atoms. The van der Waals surface area contributed by atoms with Crippen LogP contribution in [-0.2, 0) is 0 Å². The van der Waals surface area contributed by atoms with Crippen molar-refractivity contribution < 1.29 is 4.79 Å². The van der Waals surface area contributed by atoms with E-state index in [-0.39, 0.29) is 11.6 Å². The molecule has 1 amide bonds. The molecule has 1 aromatic heterocycles. The summed E-state index contributed by atoms with van der Waals surface area (Å²) in [6.45, 7) is 2.61. The lowest BCUT2D eigenvalue weighted by atomic mass is 10.2. The maximum atomic E-state index is 12.2. The van der Waals surface area contributed by atoms with E-state index < -0.39 is 0 Å². The second-order valence-corrected chi connectivity index (χ2v) is 5.29. The molecule has 1 aliphatic rings. The fourth-order valence-electron chi connectivity index (χ4n) is 2.48. The fraction of sp³-hybridized carbons (Fsp3) is 0.286. The molecule has 2 heterocycles. The molecule has 1 aliphatic heterocycles. The van der Waals surface area contributed by atoms with Crippen LogP contribution in [0, 0.1) is 0 Å². The highest BCUT2D eigenvalue weighted by Crippen LogP contribution is 2.26. The highest BCUT2D eigenvalue weighted by molar-refractivity contribution is 6.33. The summed E-state index contributed by atoms with van der Waals surface area (Å²) in [6.07, 6.45) is 1.41. The topological polar surface area (TPSA) is 72.2 Å². The van der Waals surface area contributed by atoms with E-state index in [0.29, 0.717) is 36.9 Å². The van der Waals surface area contributed by atoms with Crippen LogP contribution in [0.1, 0.15) is 10.5 Å². The Kier molecular flexibility index (Phi) is 3.70. The molecule has 3 rings (SSSR count). The predicted molar refractivity (Wildman–Crippen MR) is 81.0 cm³/mol. The molecule has 1 fully saturated rings. The third kappa shape index (κ3) is 2.80. The zero-order valence-electron chi connectivity index (χ0n) is 11.3. The average molecular weight is 307 g/mol. The van der Waals surface area contributed by atoms with Crippen molar-refractivity contribution in [3.8, 4) is 0 Å². The normalized spacial score (nSPS) is 15.3. The molecule has 0 radical (unpaired) electrons. The molecule has 0 atom stereocenters. The predicted octanol–water partition coefficient (Wildman–Crippen LogP) is 1.32. The van der Waals surface area contributed by atoms with Gasteiger partial charge in [-0.2, -0.15) is 0 Å². The molecule has 0 saturated carbocycles. The van der Waals surface area contributed by atoms with Crippen molar-refractivity contribution in [2.45, 2.75) is 0 Å². The van der Waals surface area contributed by atoms with Gasteiger partial charge in [-0.05, 0) is 12.1 Å². The van der Waals surface area contributed by atoms with Crippen LogP contribution in [0.5, 0.6) is 0 Å². The van der Waals surface area contributed by atoms with Crippen LogP contribution in [0.2, 0.25) is 5.02 Å². The number of piperazine rings is 1. The largest absolute Gasteiger partial charge is 0.367 e. The summed E-state index contributed by atoms with van der Waals surface area (Å²) in [4.78, 5) is 32.1. The van der Waals surface area contributed by atoms with E-state index in [1.807, 2.05) is 24.3 Å². The Balaban J connectivity index is 1.67. The summed E-state index contributed by atoms with van der Waals surface area (Å²) < 4.78 is 0. The Hall–Kier alpha value is -2.21. The second-order valence-electron chi connectivity index (χ2n) is 4.89.